The van der Waals surface area contributed by atoms with Crippen LogP contribution in [0.25, 0.3) is 0 Å². The summed E-state index contributed by atoms with van der Waals surface area (Å²) in [5, 5.41) is 0.0485. The van der Waals surface area contributed by atoms with Crippen LogP contribution in [0.1, 0.15) is 55.0 Å². The Morgan fingerprint density at radius 2 is 1.82 bits per heavy atom. The molecule has 1 aromatic carbocycles. The van der Waals surface area contributed by atoms with Gasteiger partial charge in [0.15, 0.2) is 0 Å². The van der Waals surface area contributed by atoms with Gasteiger partial charge in [0.25, 0.3) is 0 Å². The highest BCUT2D eigenvalue weighted by atomic mass is 35.5. The molecule has 94 valence electrons. The first-order valence-corrected chi connectivity index (χ1v) is 7.02. The first-order chi connectivity index (χ1) is 8.18. The third-order valence-corrected chi connectivity index (χ3v) is 4.42. The molecule has 1 unspecified atom stereocenters. The molecule has 17 heavy (non-hydrogen) atoms. The SMILES string of the molecule is Cc1cc(C(Cl)C2CCCCCC2)ccc1F. The van der Waals surface area contributed by atoms with Gasteiger partial charge in [-0.2, -0.15) is 0 Å². The second-order valence-electron chi connectivity index (χ2n) is 5.16. The first-order valence-electron chi connectivity index (χ1n) is 6.58. The van der Waals surface area contributed by atoms with Crippen LogP contribution in [0.3, 0.4) is 0 Å². The van der Waals surface area contributed by atoms with Crippen molar-refractivity contribution < 1.29 is 4.39 Å². The predicted molar refractivity (Wildman–Crippen MR) is 70.9 cm³/mol. The zero-order valence-electron chi connectivity index (χ0n) is 10.4. The van der Waals surface area contributed by atoms with Gasteiger partial charge in [0, 0.05) is 0 Å². The van der Waals surface area contributed by atoms with Gasteiger partial charge in [-0.15, -0.1) is 11.6 Å². The third-order valence-electron chi connectivity index (χ3n) is 3.81. The third kappa shape index (κ3) is 3.22. The van der Waals surface area contributed by atoms with Gasteiger partial charge in [-0.1, -0.05) is 37.8 Å². The summed E-state index contributed by atoms with van der Waals surface area (Å²) in [4.78, 5) is 0. The molecule has 0 amide bonds. The van der Waals surface area contributed by atoms with Gasteiger partial charge in [0.2, 0.25) is 0 Å². The summed E-state index contributed by atoms with van der Waals surface area (Å²) in [6.07, 6.45) is 7.67. The summed E-state index contributed by atoms with van der Waals surface area (Å²) in [5.41, 5.74) is 1.78. The van der Waals surface area contributed by atoms with Crippen LogP contribution in [0, 0.1) is 18.7 Å². The van der Waals surface area contributed by atoms with Crippen LogP contribution in [-0.2, 0) is 0 Å². The maximum atomic E-state index is 13.2. The molecule has 1 saturated carbocycles. The fraction of sp³-hybridized carbons (Fsp3) is 0.600. The number of benzene rings is 1. The van der Waals surface area contributed by atoms with Gasteiger partial charge in [0.05, 0.1) is 5.38 Å². The molecular formula is C15H20ClF. The van der Waals surface area contributed by atoms with E-state index in [1.807, 2.05) is 12.1 Å². The number of rotatable bonds is 2. The van der Waals surface area contributed by atoms with Crippen molar-refractivity contribution in [3.05, 3.63) is 35.1 Å². The van der Waals surface area contributed by atoms with E-state index in [0.717, 1.165) is 5.56 Å². The number of hydrogen-bond acceptors (Lipinski definition) is 0. The molecule has 1 fully saturated rings. The number of aryl methyl sites for hydroxylation is 1. The fourth-order valence-corrected chi connectivity index (χ4v) is 3.10. The number of hydrogen-bond donors (Lipinski definition) is 0. The Bertz CT molecular complexity index is 367. The minimum absolute atomic E-state index is 0.0485. The highest BCUT2D eigenvalue weighted by Crippen LogP contribution is 2.38. The minimum Gasteiger partial charge on any atom is -0.207 e. The van der Waals surface area contributed by atoms with E-state index < -0.39 is 0 Å². The van der Waals surface area contributed by atoms with Crippen LogP contribution in [0.5, 0.6) is 0 Å². The Morgan fingerprint density at radius 1 is 1.18 bits per heavy atom. The quantitative estimate of drug-likeness (QED) is 0.491. The Morgan fingerprint density at radius 3 is 2.41 bits per heavy atom. The van der Waals surface area contributed by atoms with Crippen molar-refractivity contribution in [2.24, 2.45) is 5.92 Å². The van der Waals surface area contributed by atoms with Gasteiger partial charge in [-0.3, -0.25) is 0 Å². The van der Waals surface area contributed by atoms with E-state index in [1.165, 1.54) is 44.6 Å². The molecule has 2 heteroatoms. The molecule has 0 spiro atoms. The van der Waals surface area contributed by atoms with E-state index in [-0.39, 0.29) is 11.2 Å². The standard InChI is InChI=1S/C15H20ClF/c1-11-10-13(8-9-14(11)17)15(16)12-6-4-2-3-5-7-12/h8-10,12,15H,2-7H2,1H3. The minimum atomic E-state index is -0.140. The van der Waals surface area contributed by atoms with E-state index >= 15 is 0 Å². The van der Waals surface area contributed by atoms with E-state index in [0.29, 0.717) is 11.5 Å². The maximum absolute atomic E-state index is 13.2. The summed E-state index contributed by atoms with van der Waals surface area (Å²) in [7, 11) is 0. The lowest BCUT2D eigenvalue weighted by Gasteiger charge is -2.21. The molecule has 1 aliphatic rings. The highest BCUT2D eigenvalue weighted by molar-refractivity contribution is 6.21. The molecule has 0 aromatic heterocycles. The zero-order chi connectivity index (χ0) is 12.3. The van der Waals surface area contributed by atoms with E-state index in [2.05, 4.69) is 0 Å². The molecule has 0 aliphatic heterocycles. The largest absolute Gasteiger partial charge is 0.207 e. The number of halogens is 2. The van der Waals surface area contributed by atoms with Crippen molar-refractivity contribution in [1.29, 1.82) is 0 Å². The Kier molecular flexibility index (Phi) is 4.44. The first kappa shape index (κ1) is 12.9. The average Bonchev–Trinajstić information content (AvgIpc) is 2.60. The van der Waals surface area contributed by atoms with Gasteiger partial charge >= 0.3 is 0 Å². The lowest BCUT2D eigenvalue weighted by molar-refractivity contribution is 0.444. The summed E-state index contributed by atoms with van der Waals surface area (Å²) < 4.78 is 13.2. The van der Waals surface area contributed by atoms with Crippen molar-refractivity contribution >= 4 is 11.6 Å². The van der Waals surface area contributed by atoms with Gasteiger partial charge in [0.1, 0.15) is 5.82 Å². The highest BCUT2D eigenvalue weighted by Gasteiger charge is 2.22. The van der Waals surface area contributed by atoms with Crippen LogP contribution in [0.4, 0.5) is 4.39 Å². The summed E-state index contributed by atoms with van der Waals surface area (Å²) in [6.45, 7) is 1.80. The molecule has 1 atom stereocenters. The van der Waals surface area contributed by atoms with Crippen molar-refractivity contribution in [3.8, 4) is 0 Å². The normalized spacial score (nSPS) is 19.9. The Hall–Kier alpha value is -0.560. The molecule has 2 rings (SSSR count). The van der Waals surface area contributed by atoms with Crippen LogP contribution in [0.15, 0.2) is 18.2 Å². The Balaban J connectivity index is 2.11. The van der Waals surface area contributed by atoms with E-state index in [4.69, 9.17) is 11.6 Å². The van der Waals surface area contributed by atoms with Crippen LogP contribution in [0.2, 0.25) is 0 Å². The lowest BCUT2D eigenvalue weighted by Crippen LogP contribution is -2.07. The van der Waals surface area contributed by atoms with Crippen LogP contribution in [-0.4, -0.2) is 0 Å². The summed E-state index contributed by atoms with van der Waals surface area (Å²) in [6, 6.07) is 5.28. The van der Waals surface area contributed by atoms with E-state index in [9.17, 15) is 4.39 Å². The molecule has 0 radical (unpaired) electrons. The van der Waals surface area contributed by atoms with Gasteiger partial charge in [-0.25, -0.2) is 4.39 Å². The zero-order valence-corrected chi connectivity index (χ0v) is 11.1. The fourth-order valence-electron chi connectivity index (χ4n) is 2.72. The molecule has 0 N–H and O–H groups in total. The Labute approximate surface area is 108 Å². The second-order valence-corrected chi connectivity index (χ2v) is 5.63. The molecule has 0 saturated heterocycles. The van der Waals surface area contributed by atoms with Gasteiger partial charge in [-0.05, 0) is 42.9 Å². The molecule has 0 nitrogen and oxygen atoms in total. The van der Waals surface area contributed by atoms with Crippen molar-refractivity contribution in [3.63, 3.8) is 0 Å². The molecule has 1 aliphatic carbocycles. The average molecular weight is 255 g/mol. The van der Waals surface area contributed by atoms with Crippen molar-refractivity contribution in [2.75, 3.05) is 0 Å². The summed E-state index contributed by atoms with van der Waals surface area (Å²) in [5.74, 6) is 0.419. The molecule has 1 aromatic rings. The second kappa shape index (κ2) is 5.86. The molecule has 0 heterocycles. The predicted octanol–water partition coefficient (Wildman–Crippen LogP) is 5.38. The smallest absolute Gasteiger partial charge is 0.126 e. The lowest BCUT2D eigenvalue weighted by atomic mass is 9.91. The van der Waals surface area contributed by atoms with Crippen molar-refractivity contribution in [1.82, 2.24) is 0 Å². The maximum Gasteiger partial charge on any atom is 0.126 e. The van der Waals surface area contributed by atoms with Gasteiger partial charge < -0.3 is 0 Å². The molecular weight excluding hydrogens is 235 g/mol. The van der Waals surface area contributed by atoms with Crippen molar-refractivity contribution in [2.45, 2.75) is 50.8 Å². The molecule has 0 bridgehead atoms. The number of alkyl halides is 1. The summed E-state index contributed by atoms with van der Waals surface area (Å²) >= 11 is 6.56. The topological polar surface area (TPSA) is 0 Å². The van der Waals surface area contributed by atoms with Crippen LogP contribution < -0.4 is 0 Å². The van der Waals surface area contributed by atoms with E-state index in [1.54, 1.807) is 6.92 Å². The van der Waals surface area contributed by atoms with Crippen LogP contribution >= 0.6 is 11.6 Å². The monoisotopic (exact) mass is 254 g/mol.